The van der Waals surface area contributed by atoms with Crippen LogP contribution in [0.4, 0.5) is 0 Å². The first-order valence-electron chi connectivity index (χ1n) is 5.77. The number of ether oxygens (including phenoxy) is 2. The van der Waals surface area contributed by atoms with Crippen LogP contribution in [0.2, 0.25) is 0 Å². The number of fused-ring (bicyclic) bond motifs is 3. The fraction of sp³-hybridized carbons (Fsp3) is 0.286. The molecule has 0 saturated carbocycles. The van der Waals surface area contributed by atoms with E-state index in [2.05, 4.69) is 0 Å². The summed E-state index contributed by atoms with van der Waals surface area (Å²) in [5, 5.41) is 37.2. The lowest BCUT2D eigenvalue weighted by Crippen LogP contribution is -2.40. The highest BCUT2D eigenvalue weighted by atomic mass is 16.6. The minimum Gasteiger partial charge on any atom is -0.484 e. The van der Waals surface area contributed by atoms with Crippen LogP contribution in [0.1, 0.15) is 11.5 Å². The van der Waals surface area contributed by atoms with Gasteiger partial charge in [-0.05, 0) is 6.07 Å². The number of benzene rings is 1. The molecule has 1 aromatic carbocycles. The number of hydrogen-bond acceptors (Lipinski definition) is 6. The fourth-order valence-electron chi connectivity index (χ4n) is 2.75. The molecule has 2 unspecified atom stereocenters. The molecule has 2 atom stereocenters. The van der Waals surface area contributed by atoms with E-state index in [4.69, 9.17) is 9.47 Å². The molecule has 2 heterocycles. The zero-order chi connectivity index (χ0) is 14.4. The first-order valence-corrected chi connectivity index (χ1v) is 5.77. The number of nitriles is 4. The molecule has 2 aliphatic heterocycles. The van der Waals surface area contributed by atoms with Crippen LogP contribution in [0.15, 0.2) is 24.3 Å². The van der Waals surface area contributed by atoms with Gasteiger partial charge in [-0.3, -0.25) is 0 Å². The summed E-state index contributed by atoms with van der Waals surface area (Å²) >= 11 is 0. The third kappa shape index (κ3) is 1.16. The molecular weight excluding hydrogens is 256 g/mol. The lowest BCUT2D eigenvalue weighted by molar-refractivity contribution is -0.00791. The van der Waals surface area contributed by atoms with Crippen molar-refractivity contribution in [1.29, 1.82) is 21.0 Å². The quantitative estimate of drug-likeness (QED) is 0.692. The van der Waals surface area contributed by atoms with E-state index < -0.39 is 23.2 Å². The SMILES string of the molecule is N#CC1(C#N)OC(C#N)(C#N)C2c3ccccc3OC21. The van der Waals surface area contributed by atoms with Crippen LogP contribution in [0.25, 0.3) is 0 Å². The maximum Gasteiger partial charge on any atom is 0.281 e. The molecular formula is C14H6N4O2. The van der Waals surface area contributed by atoms with Crippen LogP contribution >= 0.6 is 0 Å². The van der Waals surface area contributed by atoms with Crippen LogP contribution < -0.4 is 4.74 Å². The first kappa shape index (κ1) is 12.0. The highest BCUT2D eigenvalue weighted by Gasteiger charge is 2.70. The Morgan fingerprint density at radius 2 is 1.50 bits per heavy atom. The van der Waals surface area contributed by atoms with E-state index in [0.717, 1.165) is 0 Å². The largest absolute Gasteiger partial charge is 0.484 e. The molecule has 0 amide bonds. The van der Waals surface area contributed by atoms with Crippen molar-refractivity contribution in [3.63, 3.8) is 0 Å². The minimum absolute atomic E-state index is 0.468. The molecule has 0 aliphatic carbocycles. The molecule has 0 bridgehead atoms. The van der Waals surface area contributed by atoms with Gasteiger partial charge < -0.3 is 9.47 Å². The Labute approximate surface area is 114 Å². The van der Waals surface area contributed by atoms with Gasteiger partial charge in [-0.2, -0.15) is 21.0 Å². The Balaban J connectivity index is 2.27. The Bertz CT molecular complexity index is 731. The van der Waals surface area contributed by atoms with Gasteiger partial charge in [0.1, 0.15) is 30.0 Å². The second-order valence-corrected chi connectivity index (χ2v) is 4.57. The Morgan fingerprint density at radius 1 is 0.900 bits per heavy atom. The van der Waals surface area contributed by atoms with Gasteiger partial charge >= 0.3 is 0 Å². The van der Waals surface area contributed by atoms with E-state index in [1.165, 1.54) is 0 Å². The van der Waals surface area contributed by atoms with Crippen molar-refractivity contribution in [2.24, 2.45) is 0 Å². The molecule has 1 saturated heterocycles. The molecule has 94 valence electrons. The standard InChI is InChI=1S/C14H6N4O2/c15-5-13(6-16)11-9-3-1-2-4-10(9)19-12(11)14(7-17,8-18)20-13/h1-4,11-12H. The van der Waals surface area contributed by atoms with Crippen molar-refractivity contribution in [2.75, 3.05) is 0 Å². The van der Waals surface area contributed by atoms with Crippen LogP contribution in [-0.2, 0) is 4.74 Å². The normalized spacial score (nSPS) is 26.8. The third-order valence-corrected chi connectivity index (χ3v) is 3.64. The molecule has 0 N–H and O–H groups in total. The third-order valence-electron chi connectivity index (χ3n) is 3.64. The van der Waals surface area contributed by atoms with Crippen molar-refractivity contribution in [3.05, 3.63) is 29.8 Å². The van der Waals surface area contributed by atoms with E-state index in [1.54, 1.807) is 48.5 Å². The predicted octanol–water partition coefficient (Wildman–Crippen LogP) is 1.13. The number of rotatable bonds is 0. The zero-order valence-corrected chi connectivity index (χ0v) is 10.1. The molecule has 3 rings (SSSR count). The summed E-state index contributed by atoms with van der Waals surface area (Å²) in [5.41, 5.74) is -3.26. The second-order valence-electron chi connectivity index (χ2n) is 4.57. The van der Waals surface area contributed by atoms with Gasteiger partial charge in [0.2, 0.25) is 0 Å². The average molecular weight is 262 g/mol. The molecule has 6 heteroatoms. The smallest absolute Gasteiger partial charge is 0.281 e. The first-order chi connectivity index (χ1) is 9.66. The summed E-state index contributed by atoms with van der Waals surface area (Å²) in [5.74, 6) is -0.316. The van der Waals surface area contributed by atoms with Gasteiger partial charge in [-0.15, -0.1) is 0 Å². The maximum atomic E-state index is 9.34. The van der Waals surface area contributed by atoms with E-state index in [1.807, 2.05) is 0 Å². The molecule has 2 aliphatic rings. The predicted molar refractivity (Wildman–Crippen MR) is 62.6 cm³/mol. The van der Waals surface area contributed by atoms with Gasteiger partial charge in [0, 0.05) is 5.56 Å². The average Bonchev–Trinajstić information content (AvgIpc) is 3.02. The van der Waals surface area contributed by atoms with E-state index >= 15 is 0 Å². The molecule has 1 fully saturated rings. The van der Waals surface area contributed by atoms with Crippen molar-refractivity contribution in [2.45, 2.75) is 23.2 Å². The highest BCUT2D eigenvalue weighted by Crippen LogP contribution is 2.55. The maximum absolute atomic E-state index is 9.34. The molecule has 6 nitrogen and oxygen atoms in total. The summed E-state index contributed by atoms with van der Waals surface area (Å²) in [7, 11) is 0. The molecule has 1 aromatic rings. The highest BCUT2D eigenvalue weighted by molar-refractivity contribution is 5.53. The van der Waals surface area contributed by atoms with Crippen LogP contribution in [0, 0.1) is 45.3 Å². The summed E-state index contributed by atoms with van der Waals surface area (Å²) in [4.78, 5) is 0. The lowest BCUT2D eigenvalue weighted by atomic mass is 9.80. The van der Waals surface area contributed by atoms with E-state index in [-0.39, 0.29) is 0 Å². The van der Waals surface area contributed by atoms with Crippen molar-refractivity contribution < 1.29 is 9.47 Å². The molecule has 20 heavy (non-hydrogen) atoms. The Hall–Kier alpha value is -3.06. The van der Waals surface area contributed by atoms with Crippen LogP contribution in [0.3, 0.4) is 0 Å². The number of nitrogens with zero attached hydrogens (tertiary/aromatic N) is 4. The molecule has 0 spiro atoms. The van der Waals surface area contributed by atoms with Gasteiger partial charge in [-0.25, -0.2) is 0 Å². The van der Waals surface area contributed by atoms with E-state index in [9.17, 15) is 21.0 Å². The lowest BCUT2D eigenvalue weighted by Gasteiger charge is -2.19. The van der Waals surface area contributed by atoms with Crippen molar-refractivity contribution in [3.8, 4) is 30.0 Å². The van der Waals surface area contributed by atoms with Gasteiger partial charge in [0.25, 0.3) is 11.2 Å². The fourth-order valence-corrected chi connectivity index (χ4v) is 2.75. The van der Waals surface area contributed by atoms with Gasteiger partial charge in [0.15, 0.2) is 6.10 Å². The van der Waals surface area contributed by atoms with Gasteiger partial charge in [0.05, 0.1) is 5.92 Å². The zero-order valence-electron chi connectivity index (χ0n) is 10.1. The number of para-hydroxylation sites is 1. The summed E-state index contributed by atoms with van der Waals surface area (Å²) < 4.78 is 10.9. The number of hydrogen-bond donors (Lipinski definition) is 0. The monoisotopic (exact) mass is 262 g/mol. The topological polar surface area (TPSA) is 114 Å². The van der Waals surface area contributed by atoms with Crippen LogP contribution in [0.5, 0.6) is 5.75 Å². The molecule has 0 aromatic heterocycles. The van der Waals surface area contributed by atoms with Crippen molar-refractivity contribution >= 4 is 0 Å². The minimum atomic E-state index is -1.96. The van der Waals surface area contributed by atoms with Gasteiger partial charge in [-0.1, -0.05) is 18.2 Å². The molecule has 0 radical (unpaired) electrons. The second kappa shape index (κ2) is 3.72. The Morgan fingerprint density at radius 3 is 2.10 bits per heavy atom. The van der Waals surface area contributed by atoms with Crippen LogP contribution in [-0.4, -0.2) is 17.3 Å². The van der Waals surface area contributed by atoms with Crippen molar-refractivity contribution in [1.82, 2.24) is 0 Å². The summed E-state index contributed by atoms with van der Waals surface area (Å²) in [6, 6.07) is 13.9. The van der Waals surface area contributed by atoms with E-state index in [0.29, 0.717) is 11.3 Å². The Kier molecular flexibility index (Phi) is 2.23. The summed E-state index contributed by atoms with van der Waals surface area (Å²) in [6.07, 6.45) is -0.991. The summed E-state index contributed by atoms with van der Waals surface area (Å²) in [6.45, 7) is 0.